The number of benzene rings is 1. The van der Waals surface area contributed by atoms with E-state index < -0.39 is 11.5 Å². The van der Waals surface area contributed by atoms with Crippen molar-refractivity contribution in [1.29, 1.82) is 0 Å². The molecule has 2 N–H and O–H groups in total. The maximum atomic E-state index is 11.5. The molecule has 0 spiro atoms. The first kappa shape index (κ1) is 13.1. The maximum absolute atomic E-state index is 11.5. The molecule has 5 heteroatoms. The van der Waals surface area contributed by atoms with Gasteiger partial charge in [0.05, 0.1) is 7.11 Å². The number of methoxy groups -OCH3 is 1. The molecule has 1 aliphatic heterocycles. The number of thioether (sulfide) groups is 1. The summed E-state index contributed by atoms with van der Waals surface area (Å²) in [4.78, 5) is 11.5. The highest BCUT2D eigenvalue weighted by atomic mass is 32.2. The Morgan fingerprint density at radius 1 is 1.61 bits per heavy atom. The van der Waals surface area contributed by atoms with Crippen LogP contribution in [0.15, 0.2) is 24.3 Å². The Morgan fingerprint density at radius 3 is 2.94 bits per heavy atom. The van der Waals surface area contributed by atoms with Gasteiger partial charge in [-0.3, -0.25) is 0 Å². The van der Waals surface area contributed by atoms with Crippen molar-refractivity contribution in [2.24, 2.45) is 0 Å². The number of carboxylic acids is 1. The largest absolute Gasteiger partial charge is 0.497 e. The summed E-state index contributed by atoms with van der Waals surface area (Å²) >= 11 is 1.69. The first-order chi connectivity index (χ1) is 8.55. The molecular formula is C13H17NO3S. The molecule has 1 aromatic carbocycles. The van der Waals surface area contributed by atoms with Crippen LogP contribution in [0.5, 0.6) is 5.75 Å². The summed E-state index contributed by atoms with van der Waals surface area (Å²) in [6.07, 6.45) is 0.629. The van der Waals surface area contributed by atoms with Gasteiger partial charge < -0.3 is 15.2 Å². The standard InChI is InChI=1S/C13H17NO3S/c1-9-7-13(8-18-9,12(15)16)14-10-4-3-5-11(6-10)17-2/h3-6,9,14H,7-8H2,1-2H3,(H,15,16). The smallest absolute Gasteiger partial charge is 0.330 e. The van der Waals surface area contributed by atoms with Crippen LogP contribution in [0.3, 0.4) is 0 Å². The highest BCUT2D eigenvalue weighted by molar-refractivity contribution is 8.00. The van der Waals surface area contributed by atoms with Crippen molar-refractivity contribution < 1.29 is 14.6 Å². The molecule has 1 fully saturated rings. The second-order valence-electron chi connectivity index (χ2n) is 4.57. The van der Waals surface area contributed by atoms with E-state index in [0.717, 1.165) is 11.4 Å². The Balaban J connectivity index is 2.21. The van der Waals surface area contributed by atoms with Crippen molar-refractivity contribution in [3.63, 3.8) is 0 Å². The number of hydrogen-bond acceptors (Lipinski definition) is 4. The van der Waals surface area contributed by atoms with Gasteiger partial charge in [-0.15, -0.1) is 0 Å². The van der Waals surface area contributed by atoms with Crippen LogP contribution < -0.4 is 10.1 Å². The third-order valence-electron chi connectivity index (χ3n) is 3.11. The Hall–Kier alpha value is -1.36. The van der Waals surface area contributed by atoms with Gasteiger partial charge in [-0.25, -0.2) is 4.79 Å². The van der Waals surface area contributed by atoms with E-state index in [1.807, 2.05) is 24.3 Å². The fourth-order valence-electron chi connectivity index (χ4n) is 2.16. The highest BCUT2D eigenvalue weighted by Crippen LogP contribution is 2.37. The molecule has 2 atom stereocenters. The van der Waals surface area contributed by atoms with Gasteiger partial charge in [0.2, 0.25) is 0 Å². The summed E-state index contributed by atoms with van der Waals surface area (Å²) in [6.45, 7) is 2.06. The highest BCUT2D eigenvalue weighted by Gasteiger charge is 2.44. The van der Waals surface area contributed by atoms with Crippen molar-refractivity contribution in [2.45, 2.75) is 24.1 Å². The second-order valence-corrected chi connectivity index (χ2v) is 6.00. The van der Waals surface area contributed by atoms with E-state index in [2.05, 4.69) is 12.2 Å². The Kier molecular flexibility index (Phi) is 3.71. The number of rotatable bonds is 4. The minimum atomic E-state index is -0.865. The van der Waals surface area contributed by atoms with Crippen molar-refractivity contribution >= 4 is 23.4 Å². The molecule has 0 saturated carbocycles. The zero-order chi connectivity index (χ0) is 13.2. The lowest BCUT2D eigenvalue weighted by molar-refractivity contribution is -0.141. The van der Waals surface area contributed by atoms with E-state index in [4.69, 9.17) is 4.74 Å². The quantitative estimate of drug-likeness (QED) is 0.877. The van der Waals surface area contributed by atoms with E-state index in [9.17, 15) is 9.90 Å². The number of hydrogen-bond donors (Lipinski definition) is 2. The lowest BCUT2D eigenvalue weighted by Gasteiger charge is -2.26. The van der Waals surface area contributed by atoms with Gasteiger partial charge >= 0.3 is 5.97 Å². The lowest BCUT2D eigenvalue weighted by Crippen LogP contribution is -2.46. The topological polar surface area (TPSA) is 58.6 Å². The lowest BCUT2D eigenvalue weighted by atomic mass is 9.96. The summed E-state index contributed by atoms with van der Waals surface area (Å²) in [5.41, 5.74) is -0.0809. The molecule has 2 rings (SSSR count). The molecule has 0 aliphatic carbocycles. The van der Waals surface area contributed by atoms with Crippen LogP contribution >= 0.6 is 11.8 Å². The number of anilines is 1. The molecule has 0 aromatic heterocycles. The maximum Gasteiger partial charge on any atom is 0.330 e. The van der Waals surface area contributed by atoms with Gasteiger partial charge in [-0.2, -0.15) is 11.8 Å². The van der Waals surface area contributed by atoms with Gasteiger partial charge in [-0.05, 0) is 18.6 Å². The van der Waals surface area contributed by atoms with Crippen molar-refractivity contribution in [3.8, 4) is 5.75 Å². The van der Waals surface area contributed by atoms with Gasteiger partial charge in [-0.1, -0.05) is 13.0 Å². The summed E-state index contributed by atoms with van der Waals surface area (Å²) in [5.74, 6) is 0.516. The van der Waals surface area contributed by atoms with Gasteiger partial charge in [0.25, 0.3) is 0 Å². The van der Waals surface area contributed by atoms with Gasteiger partial charge in [0.15, 0.2) is 0 Å². The second kappa shape index (κ2) is 5.10. The van der Waals surface area contributed by atoms with E-state index in [-0.39, 0.29) is 0 Å². The molecule has 1 aromatic rings. The number of carbonyl (C=O) groups is 1. The van der Waals surface area contributed by atoms with Crippen LogP contribution in [0.4, 0.5) is 5.69 Å². The average molecular weight is 267 g/mol. The summed E-state index contributed by atoms with van der Waals surface area (Å²) < 4.78 is 5.14. The number of nitrogens with one attached hydrogen (secondary N) is 1. The van der Waals surface area contributed by atoms with Crippen LogP contribution in [0.1, 0.15) is 13.3 Å². The molecule has 1 aliphatic rings. The van der Waals surface area contributed by atoms with Crippen LogP contribution in [-0.2, 0) is 4.79 Å². The molecule has 2 unspecified atom stereocenters. The predicted octanol–water partition coefficient (Wildman–Crippen LogP) is 2.46. The third kappa shape index (κ3) is 2.56. The van der Waals surface area contributed by atoms with Crippen LogP contribution in [0, 0.1) is 0 Å². The van der Waals surface area contributed by atoms with Crippen molar-refractivity contribution in [3.05, 3.63) is 24.3 Å². The van der Waals surface area contributed by atoms with Crippen LogP contribution in [0.25, 0.3) is 0 Å². The fraction of sp³-hybridized carbons (Fsp3) is 0.462. The Bertz CT molecular complexity index is 452. The Morgan fingerprint density at radius 2 is 2.39 bits per heavy atom. The molecule has 0 bridgehead atoms. The van der Waals surface area contributed by atoms with Gasteiger partial charge in [0.1, 0.15) is 11.3 Å². The van der Waals surface area contributed by atoms with Crippen LogP contribution in [-0.4, -0.2) is 34.7 Å². The summed E-state index contributed by atoms with van der Waals surface area (Å²) in [7, 11) is 1.60. The number of carboxylic acid groups (broad SMARTS) is 1. The summed E-state index contributed by atoms with van der Waals surface area (Å²) in [5, 5.41) is 13.0. The van der Waals surface area contributed by atoms with E-state index in [1.165, 1.54) is 0 Å². The molecule has 4 nitrogen and oxygen atoms in total. The predicted molar refractivity (Wildman–Crippen MR) is 73.5 cm³/mol. The van der Waals surface area contributed by atoms with E-state index in [0.29, 0.717) is 17.4 Å². The Labute approximate surface area is 111 Å². The van der Waals surface area contributed by atoms with Crippen molar-refractivity contribution in [2.75, 3.05) is 18.2 Å². The zero-order valence-electron chi connectivity index (χ0n) is 10.5. The average Bonchev–Trinajstić information content (AvgIpc) is 2.72. The molecule has 18 heavy (non-hydrogen) atoms. The van der Waals surface area contributed by atoms with E-state index >= 15 is 0 Å². The SMILES string of the molecule is COc1cccc(NC2(C(=O)O)CSC(C)C2)c1. The third-order valence-corrected chi connectivity index (χ3v) is 4.51. The monoisotopic (exact) mass is 267 g/mol. The molecule has 1 heterocycles. The zero-order valence-corrected chi connectivity index (χ0v) is 11.3. The number of ether oxygens (including phenoxy) is 1. The van der Waals surface area contributed by atoms with E-state index in [1.54, 1.807) is 18.9 Å². The number of aliphatic carboxylic acids is 1. The molecule has 98 valence electrons. The molecule has 0 radical (unpaired) electrons. The first-order valence-corrected chi connectivity index (χ1v) is 6.88. The first-order valence-electron chi connectivity index (χ1n) is 5.83. The van der Waals surface area contributed by atoms with Crippen molar-refractivity contribution in [1.82, 2.24) is 0 Å². The fourth-order valence-corrected chi connectivity index (χ4v) is 3.44. The molecular weight excluding hydrogens is 250 g/mol. The molecule has 0 amide bonds. The van der Waals surface area contributed by atoms with Gasteiger partial charge in [0, 0.05) is 22.8 Å². The normalized spacial score (nSPS) is 26.9. The van der Waals surface area contributed by atoms with Crippen LogP contribution in [0.2, 0.25) is 0 Å². The molecule has 1 saturated heterocycles. The summed E-state index contributed by atoms with van der Waals surface area (Å²) in [6, 6.07) is 7.37. The minimum Gasteiger partial charge on any atom is -0.497 e. The minimum absolute atomic E-state index is 0.360.